The molecule has 0 aromatic heterocycles. The van der Waals surface area contributed by atoms with Crippen LogP contribution < -0.4 is 42.5 Å². The molecule has 3 atom stereocenters. The molecule has 20 heteroatoms. The molecule has 0 saturated heterocycles. The molecule has 0 spiro atoms. The predicted octanol–water partition coefficient (Wildman–Crippen LogP) is 11.7. The van der Waals surface area contributed by atoms with E-state index in [0.717, 1.165) is 54.4 Å². The summed E-state index contributed by atoms with van der Waals surface area (Å²) in [6, 6.07) is 12.8. The van der Waals surface area contributed by atoms with Crippen LogP contribution in [0.3, 0.4) is 0 Å². The zero-order valence-electron chi connectivity index (χ0n) is 53.8. The van der Waals surface area contributed by atoms with Crippen molar-refractivity contribution in [2.75, 3.05) is 39.3 Å². The Hall–Kier alpha value is -6.60. The van der Waals surface area contributed by atoms with Gasteiger partial charge in [-0.2, -0.15) is 0 Å². The number of amides is 8. The van der Waals surface area contributed by atoms with Crippen LogP contribution in [-0.4, -0.2) is 122 Å². The molecule has 2 aromatic rings. The number of unbranched alkanes of at least 4 members (excludes halogenated alkanes) is 14. The van der Waals surface area contributed by atoms with E-state index in [1.54, 1.807) is 62.3 Å². The van der Waals surface area contributed by atoms with Crippen molar-refractivity contribution in [1.29, 1.82) is 0 Å². The van der Waals surface area contributed by atoms with E-state index in [2.05, 4.69) is 61.6 Å². The van der Waals surface area contributed by atoms with Gasteiger partial charge in [-0.15, -0.1) is 0 Å². The molecule has 0 bridgehead atoms. The van der Waals surface area contributed by atoms with Gasteiger partial charge in [0.15, 0.2) is 0 Å². The van der Waals surface area contributed by atoms with Crippen LogP contribution >= 0.6 is 0 Å². The molecule has 1 aliphatic carbocycles. The average Bonchev–Trinajstić information content (AvgIpc) is 1.72. The Morgan fingerprint density at radius 1 is 0.395 bits per heavy atom. The highest BCUT2D eigenvalue weighted by Gasteiger charge is 2.32. The molecule has 2 aromatic carbocycles. The lowest BCUT2D eigenvalue weighted by atomic mass is 9.98. The highest BCUT2D eigenvalue weighted by molar-refractivity contribution is 5.94. The van der Waals surface area contributed by atoms with Crippen LogP contribution in [0.2, 0.25) is 0 Å². The largest absolute Gasteiger partial charge is 0.449 e. The molecule has 484 valence electrons. The first-order chi connectivity index (χ1) is 40.9. The fraction of sp³-hybridized carbons (Fsp3) is 0.697. The molecule has 1 aliphatic rings. The minimum atomic E-state index is -1.18. The summed E-state index contributed by atoms with van der Waals surface area (Å²) >= 11 is 0. The van der Waals surface area contributed by atoms with E-state index in [9.17, 15) is 38.4 Å². The fourth-order valence-corrected chi connectivity index (χ4v) is 9.92. The molecule has 0 saturated carbocycles. The highest BCUT2D eigenvalue weighted by atomic mass is 16.6. The summed E-state index contributed by atoms with van der Waals surface area (Å²) in [4.78, 5) is 106. The van der Waals surface area contributed by atoms with Crippen molar-refractivity contribution in [3.63, 3.8) is 0 Å². The summed E-state index contributed by atoms with van der Waals surface area (Å²) < 4.78 is 22.0. The fourth-order valence-electron chi connectivity index (χ4n) is 9.92. The summed E-state index contributed by atoms with van der Waals surface area (Å²) in [7, 11) is 0. The van der Waals surface area contributed by atoms with Crippen molar-refractivity contribution in [3.05, 3.63) is 59.7 Å². The van der Waals surface area contributed by atoms with Crippen LogP contribution in [0.4, 0.5) is 19.2 Å². The van der Waals surface area contributed by atoms with Gasteiger partial charge >= 0.3 is 24.4 Å². The number of ether oxygens (including phenoxy) is 4. The van der Waals surface area contributed by atoms with Crippen molar-refractivity contribution in [2.24, 2.45) is 0 Å². The molecule has 8 N–H and O–H groups in total. The minimum absolute atomic E-state index is 0.0815. The van der Waals surface area contributed by atoms with Gasteiger partial charge < -0.3 is 61.5 Å². The van der Waals surface area contributed by atoms with Gasteiger partial charge in [-0.3, -0.25) is 19.2 Å². The number of alkyl carbamates (subject to hydrolysis) is 4. The van der Waals surface area contributed by atoms with Crippen molar-refractivity contribution >= 4 is 48.0 Å². The molecular weight excluding hydrogens is 1100 g/mol. The Morgan fingerprint density at radius 3 is 1.22 bits per heavy atom. The first kappa shape index (κ1) is 73.7. The summed E-state index contributed by atoms with van der Waals surface area (Å²) in [6.07, 6.45) is 14.8. The van der Waals surface area contributed by atoms with Crippen LogP contribution in [0.1, 0.15) is 234 Å². The van der Waals surface area contributed by atoms with Gasteiger partial charge in [0.05, 0.1) is 0 Å². The van der Waals surface area contributed by atoms with E-state index in [4.69, 9.17) is 18.9 Å². The van der Waals surface area contributed by atoms with Gasteiger partial charge in [0, 0.05) is 45.1 Å². The second-order valence-corrected chi connectivity index (χ2v) is 25.6. The topological polar surface area (TPSA) is 270 Å². The lowest BCUT2D eigenvalue weighted by Crippen LogP contribution is -2.57. The molecule has 8 amide bonds. The normalized spacial score (nSPS) is 13.1. The van der Waals surface area contributed by atoms with E-state index in [-0.39, 0.29) is 57.3 Å². The van der Waals surface area contributed by atoms with Crippen LogP contribution in [-0.2, 0) is 38.1 Å². The summed E-state index contributed by atoms with van der Waals surface area (Å²) in [5.74, 6) is -1.73. The Bertz CT molecular complexity index is 2340. The number of carbonyl (C=O) groups excluding carboxylic acids is 8. The molecule has 3 rings (SSSR count). The maximum absolute atomic E-state index is 14.5. The third-order valence-electron chi connectivity index (χ3n) is 14.2. The van der Waals surface area contributed by atoms with Crippen molar-refractivity contribution in [2.45, 2.75) is 258 Å². The van der Waals surface area contributed by atoms with Gasteiger partial charge in [-0.1, -0.05) is 120 Å². The number of hydrogen-bond donors (Lipinski definition) is 8. The highest BCUT2D eigenvalue weighted by Crippen LogP contribution is 2.44. The van der Waals surface area contributed by atoms with Crippen LogP contribution in [0.25, 0.3) is 11.1 Å². The number of rotatable bonds is 40. The number of hydrogen-bond acceptors (Lipinski definition) is 12. The SMILES string of the molecule is CCCCCCCCCCCC(=O)NCCCCCCNC(=O)C(CCCCNC(=O)OC(C)(C)C)NC(=O)C(CCCCNC(=O)OC(C)(C)C)NC(=O)C(CCCCNC(=O)OCC1c2ccccc2-c2ccccc21)NC(=O)OC(C)(C)C. The monoisotopic (exact) mass is 1200 g/mol. The van der Waals surface area contributed by atoms with Crippen molar-refractivity contribution in [1.82, 2.24) is 42.5 Å². The molecular formula is C66H108N8O12. The molecule has 0 radical (unpaired) electrons. The Kier molecular flexibility index (Phi) is 34.2. The number of fused-ring (bicyclic) bond motifs is 3. The molecule has 86 heavy (non-hydrogen) atoms. The van der Waals surface area contributed by atoms with E-state index < -0.39 is 77.0 Å². The van der Waals surface area contributed by atoms with Gasteiger partial charge in [0.25, 0.3) is 0 Å². The van der Waals surface area contributed by atoms with Crippen LogP contribution in [0, 0.1) is 0 Å². The number of carbonyl (C=O) groups is 8. The van der Waals surface area contributed by atoms with Crippen LogP contribution in [0.5, 0.6) is 0 Å². The second-order valence-electron chi connectivity index (χ2n) is 25.6. The number of nitrogens with one attached hydrogen (secondary N) is 8. The van der Waals surface area contributed by atoms with Gasteiger partial charge in [0.2, 0.25) is 23.6 Å². The molecule has 20 nitrogen and oxygen atoms in total. The third-order valence-corrected chi connectivity index (χ3v) is 14.2. The second kappa shape index (κ2) is 40.0. The maximum Gasteiger partial charge on any atom is 0.408 e. The first-order valence-corrected chi connectivity index (χ1v) is 32.0. The minimum Gasteiger partial charge on any atom is -0.449 e. The van der Waals surface area contributed by atoms with E-state index in [1.807, 2.05) is 36.4 Å². The Balaban J connectivity index is 1.66. The number of benzene rings is 2. The molecule has 0 heterocycles. The Morgan fingerprint density at radius 2 is 0.756 bits per heavy atom. The zero-order valence-corrected chi connectivity index (χ0v) is 53.8. The van der Waals surface area contributed by atoms with E-state index >= 15 is 0 Å². The molecule has 0 fully saturated rings. The van der Waals surface area contributed by atoms with Crippen molar-refractivity contribution < 1.29 is 57.3 Å². The smallest absolute Gasteiger partial charge is 0.408 e. The van der Waals surface area contributed by atoms with Gasteiger partial charge in [-0.05, 0) is 162 Å². The first-order valence-electron chi connectivity index (χ1n) is 32.0. The quantitative estimate of drug-likeness (QED) is 0.0229. The predicted molar refractivity (Wildman–Crippen MR) is 336 cm³/mol. The maximum atomic E-state index is 14.5. The van der Waals surface area contributed by atoms with E-state index in [1.165, 1.54) is 44.9 Å². The van der Waals surface area contributed by atoms with Crippen molar-refractivity contribution in [3.8, 4) is 11.1 Å². The summed E-state index contributed by atoms with van der Waals surface area (Å²) in [5, 5.41) is 22.7. The van der Waals surface area contributed by atoms with Gasteiger partial charge in [0.1, 0.15) is 41.5 Å². The average molecular weight is 1210 g/mol. The summed E-state index contributed by atoms with van der Waals surface area (Å²) in [6.45, 7) is 19.7. The summed E-state index contributed by atoms with van der Waals surface area (Å²) in [5.41, 5.74) is 2.15. The standard InChI is InChI=1S/C66H108N8O12/c1-11-12-13-14-15-16-17-18-21-41-56(75)67-42-29-19-20-30-43-68-57(76)53(38-26-32-45-70-61(80)84-64(2,3)4)72-58(77)54(39-27-33-46-71-62(81)85-65(5,6)7)73-59(78)55(74-63(82)86-66(8,9)10)40-28-31-44-69-60(79)83-47-52-50-36-24-22-34-48(50)49-35-23-25-37-51(49)52/h22-25,34-37,52-55H,11-21,26-33,38-47H2,1-10H3,(H,67,75)(H,68,76)(H,69,79)(H,70,80)(H,71,81)(H,72,77)(H,73,78)(H,74,82). The van der Waals surface area contributed by atoms with Crippen LogP contribution in [0.15, 0.2) is 48.5 Å². The Labute approximate surface area is 513 Å². The molecule has 0 aliphatic heterocycles. The molecule has 3 unspecified atom stereocenters. The lowest BCUT2D eigenvalue weighted by Gasteiger charge is -2.26. The van der Waals surface area contributed by atoms with Gasteiger partial charge in [-0.25, -0.2) is 19.2 Å². The zero-order chi connectivity index (χ0) is 63.4. The van der Waals surface area contributed by atoms with E-state index in [0.29, 0.717) is 64.5 Å². The third kappa shape index (κ3) is 32.8. The lowest BCUT2D eigenvalue weighted by molar-refractivity contribution is -0.133.